The minimum Gasteiger partial charge on any atom is -0.366 e. The molecule has 1 unspecified atom stereocenters. The van der Waals surface area contributed by atoms with Crippen LogP contribution >= 0.6 is 0 Å². The summed E-state index contributed by atoms with van der Waals surface area (Å²) in [5.41, 5.74) is -1.48. The number of amides is 1. The number of hydrogen-bond donors (Lipinski definition) is 2. The van der Waals surface area contributed by atoms with Gasteiger partial charge in [0.05, 0.1) is 5.56 Å². The molecule has 1 aromatic carbocycles. The van der Waals surface area contributed by atoms with E-state index in [1.54, 1.807) is 0 Å². The van der Waals surface area contributed by atoms with Gasteiger partial charge in [0, 0.05) is 5.56 Å². The highest BCUT2D eigenvalue weighted by molar-refractivity contribution is 5.94. The summed E-state index contributed by atoms with van der Waals surface area (Å²) < 4.78 is 72.4. The number of aliphatic hydroxyl groups is 1. The van der Waals surface area contributed by atoms with E-state index in [4.69, 9.17) is 5.11 Å². The molecule has 0 saturated heterocycles. The third-order valence-electron chi connectivity index (χ3n) is 2.05. The normalized spacial score (nSPS) is 14.1. The highest BCUT2D eigenvalue weighted by Crippen LogP contribution is 2.29. The van der Waals surface area contributed by atoms with Crippen LogP contribution in [0, 0.1) is 0 Å². The molecule has 1 atom stereocenters. The van der Waals surface area contributed by atoms with Crippen molar-refractivity contribution in [3.8, 4) is 0 Å². The van der Waals surface area contributed by atoms with Crippen LogP contribution in [0.3, 0.4) is 0 Å². The number of aliphatic hydroxyl groups excluding tert-OH is 1. The quantitative estimate of drug-likeness (QED) is 0.648. The molecule has 9 heteroatoms. The molecular weight excluding hydrogens is 280 g/mol. The monoisotopic (exact) mass is 287 g/mol. The zero-order valence-corrected chi connectivity index (χ0v) is 9.01. The topological polar surface area (TPSA) is 49.3 Å². The van der Waals surface area contributed by atoms with E-state index in [9.17, 15) is 31.1 Å². The Labute approximate surface area is 102 Å². The first-order valence-corrected chi connectivity index (χ1v) is 4.74. The molecule has 0 aliphatic carbocycles. The van der Waals surface area contributed by atoms with Gasteiger partial charge in [0.15, 0.2) is 0 Å². The number of hydrogen-bond acceptors (Lipinski definition) is 2. The molecule has 0 radical (unpaired) electrons. The van der Waals surface area contributed by atoms with E-state index in [1.165, 1.54) is 5.32 Å². The first kappa shape index (κ1) is 15.3. The Kier molecular flexibility index (Phi) is 4.09. The smallest absolute Gasteiger partial charge is 0.366 e. The molecule has 106 valence electrons. The molecule has 0 spiro atoms. The van der Waals surface area contributed by atoms with Gasteiger partial charge in [-0.05, 0) is 24.3 Å². The number of alkyl halides is 6. The Balaban J connectivity index is 2.80. The van der Waals surface area contributed by atoms with Gasteiger partial charge in [-0.3, -0.25) is 4.79 Å². The second-order valence-electron chi connectivity index (χ2n) is 3.49. The SMILES string of the molecule is O=C(NC(O)C(F)(F)F)c1ccc(C(F)(F)F)cc1. The summed E-state index contributed by atoms with van der Waals surface area (Å²) in [6.07, 6.45) is -12.7. The van der Waals surface area contributed by atoms with Crippen LogP contribution in [0.5, 0.6) is 0 Å². The molecule has 0 aliphatic heterocycles. The molecule has 3 nitrogen and oxygen atoms in total. The highest BCUT2D eigenvalue weighted by Gasteiger charge is 2.39. The van der Waals surface area contributed by atoms with Crippen molar-refractivity contribution in [3.05, 3.63) is 35.4 Å². The maximum atomic E-state index is 12.2. The summed E-state index contributed by atoms with van der Waals surface area (Å²) in [5.74, 6) is -1.33. The minimum absolute atomic E-state index is 0.434. The number of carbonyl (C=O) groups is 1. The Bertz CT molecular complexity index is 451. The molecule has 0 aliphatic rings. The minimum atomic E-state index is -5.05. The first-order valence-electron chi connectivity index (χ1n) is 4.74. The first-order chi connectivity index (χ1) is 8.51. The molecule has 1 amide bonds. The van der Waals surface area contributed by atoms with Crippen LogP contribution in [0.4, 0.5) is 26.3 Å². The van der Waals surface area contributed by atoms with Crippen LogP contribution in [-0.4, -0.2) is 23.4 Å². The average Bonchev–Trinajstić information content (AvgIpc) is 2.26. The zero-order chi connectivity index (χ0) is 14.8. The molecule has 1 rings (SSSR count). The summed E-state index contributed by atoms with van der Waals surface area (Å²) in [6, 6.07) is 2.52. The van der Waals surface area contributed by atoms with Gasteiger partial charge >= 0.3 is 12.4 Å². The molecule has 0 aromatic heterocycles. The van der Waals surface area contributed by atoms with Gasteiger partial charge in [0.25, 0.3) is 5.91 Å². The molecule has 1 aromatic rings. The van der Waals surface area contributed by atoms with Gasteiger partial charge in [-0.15, -0.1) is 0 Å². The van der Waals surface area contributed by atoms with Crippen LogP contribution in [0.15, 0.2) is 24.3 Å². The molecule has 0 heterocycles. The maximum absolute atomic E-state index is 12.2. The Hall–Kier alpha value is -1.77. The fourth-order valence-electron chi connectivity index (χ4n) is 1.10. The molecule has 19 heavy (non-hydrogen) atoms. The lowest BCUT2D eigenvalue weighted by atomic mass is 10.1. The fourth-order valence-corrected chi connectivity index (χ4v) is 1.10. The van der Waals surface area contributed by atoms with E-state index >= 15 is 0 Å². The van der Waals surface area contributed by atoms with Crippen molar-refractivity contribution in [1.82, 2.24) is 5.32 Å². The number of halogens is 6. The summed E-state index contributed by atoms with van der Waals surface area (Å²) in [5, 5.41) is 9.77. The lowest BCUT2D eigenvalue weighted by Gasteiger charge is -2.16. The van der Waals surface area contributed by atoms with E-state index in [0.717, 1.165) is 0 Å². The number of rotatable bonds is 2. The van der Waals surface area contributed by atoms with Gasteiger partial charge in [-0.25, -0.2) is 0 Å². The zero-order valence-electron chi connectivity index (χ0n) is 9.01. The number of benzene rings is 1. The third kappa shape index (κ3) is 4.12. The van der Waals surface area contributed by atoms with Gasteiger partial charge in [0.2, 0.25) is 6.23 Å². The summed E-state index contributed by atoms with van der Waals surface area (Å²) in [4.78, 5) is 11.2. The Morgan fingerprint density at radius 3 is 1.89 bits per heavy atom. The second-order valence-corrected chi connectivity index (χ2v) is 3.49. The van der Waals surface area contributed by atoms with E-state index in [2.05, 4.69) is 0 Å². The molecular formula is C10H7F6NO2. The van der Waals surface area contributed by atoms with Crippen LogP contribution in [-0.2, 0) is 6.18 Å². The largest absolute Gasteiger partial charge is 0.433 e. The standard InChI is InChI=1S/C10H7F6NO2/c11-9(12,13)6-3-1-5(2-4-6)7(18)17-8(19)10(14,15)16/h1-4,8,19H,(H,17,18). The van der Waals surface area contributed by atoms with Crippen molar-refractivity contribution in [2.45, 2.75) is 18.6 Å². The number of nitrogens with one attached hydrogen (secondary N) is 1. The predicted octanol–water partition coefficient (Wildman–Crippen LogP) is 2.32. The van der Waals surface area contributed by atoms with Crippen LogP contribution in [0.1, 0.15) is 15.9 Å². The van der Waals surface area contributed by atoms with Gasteiger partial charge in [0.1, 0.15) is 0 Å². The van der Waals surface area contributed by atoms with Gasteiger partial charge in [-0.1, -0.05) is 0 Å². The number of carbonyl (C=O) groups excluding carboxylic acids is 1. The summed E-state index contributed by atoms with van der Waals surface area (Å²) in [6.45, 7) is 0. The Morgan fingerprint density at radius 2 is 1.53 bits per heavy atom. The summed E-state index contributed by atoms with van der Waals surface area (Å²) >= 11 is 0. The third-order valence-corrected chi connectivity index (χ3v) is 2.05. The van der Waals surface area contributed by atoms with Gasteiger partial charge in [-0.2, -0.15) is 26.3 Å². The van der Waals surface area contributed by atoms with E-state index in [0.29, 0.717) is 24.3 Å². The molecule has 2 N–H and O–H groups in total. The van der Waals surface area contributed by atoms with E-state index in [-0.39, 0.29) is 0 Å². The van der Waals surface area contributed by atoms with Crippen molar-refractivity contribution in [2.24, 2.45) is 0 Å². The van der Waals surface area contributed by atoms with Gasteiger partial charge < -0.3 is 10.4 Å². The molecule has 0 bridgehead atoms. The molecule has 0 fully saturated rings. The van der Waals surface area contributed by atoms with Crippen LogP contribution in [0.2, 0.25) is 0 Å². The summed E-state index contributed by atoms with van der Waals surface area (Å²) in [7, 11) is 0. The fraction of sp³-hybridized carbons (Fsp3) is 0.300. The Morgan fingerprint density at radius 1 is 1.05 bits per heavy atom. The predicted molar refractivity (Wildman–Crippen MR) is 51.0 cm³/mol. The van der Waals surface area contributed by atoms with Crippen molar-refractivity contribution in [1.29, 1.82) is 0 Å². The van der Waals surface area contributed by atoms with E-state index < -0.39 is 35.6 Å². The second kappa shape index (κ2) is 5.08. The van der Waals surface area contributed by atoms with Crippen molar-refractivity contribution in [2.75, 3.05) is 0 Å². The lowest BCUT2D eigenvalue weighted by molar-refractivity contribution is -0.209. The maximum Gasteiger partial charge on any atom is 0.433 e. The van der Waals surface area contributed by atoms with Crippen molar-refractivity contribution >= 4 is 5.91 Å². The average molecular weight is 287 g/mol. The van der Waals surface area contributed by atoms with Crippen LogP contribution < -0.4 is 5.32 Å². The highest BCUT2D eigenvalue weighted by atomic mass is 19.4. The lowest BCUT2D eigenvalue weighted by Crippen LogP contribution is -2.45. The molecule has 0 saturated carbocycles. The van der Waals surface area contributed by atoms with E-state index in [1.807, 2.05) is 0 Å². The van der Waals surface area contributed by atoms with Crippen molar-refractivity contribution < 1.29 is 36.2 Å². The van der Waals surface area contributed by atoms with Crippen molar-refractivity contribution in [3.63, 3.8) is 0 Å². The van der Waals surface area contributed by atoms with Crippen LogP contribution in [0.25, 0.3) is 0 Å².